The van der Waals surface area contributed by atoms with Crippen molar-refractivity contribution in [3.05, 3.63) is 56.8 Å². The molecule has 2 aromatic heterocycles. The molecule has 3 rings (SSSR count). The van der Waals surface area contributed by atoms with E-state index >= 15 is 0 Å². The average molecular weight is 343 g/mol. The molecule has 124 valence electrons. The molecule has 2 heterocycles. The number of esters is 1. The number of thiazole rings is 1. The van der Waals surface area contributed by atoms with Crippen molar-refractivity contribution in [2.75, 3.05) is 0 Å². The largest absolute Gasteiger partial charge is 0.459 e. The van der Waals surface area contributed by atoms with Gasteiger partial charge in [-0.25, -0.2) is 4.98 Å². The van der Waals surface area contributed by atoms with Gasteiger partial charge in [0.2, 0.25) is 5.43 Å². The van der Waals surface area contributed by atoms with Crippen molar-refractivity contribution in [1.29, 1.82) is 0 Å². The molecule has 7 heteroatoms. The molecule has 0 amide bonds. The molecule has 0 aliphatic heterocycles. The van der Waals surface area contributed by atoms with Gasteiger partial charge in [-0.15, -0.1) is 11.3 Å². The summed E-state index contributed by atoms with van der Waals surface area (Å²) in [6, 6.07) is 7.21. The number of hydrogen-bond donors (Lipinski definition) is 0. The lowest BCUT2D eigenvalue weighted by Crippen LogP contribution is -2.15. The fourth-order valence-electron chi connectivity index (χ4n) is 2.34. The maximum Gasteiger partial charge on any atom is 0.308 e. The Kier molecular flexibility index (Phi) is 5.00. The van der Waals surface area contributed by atoms with Crippen molar-refractivity contribution in [2.24, 2.45) is 0 Å². The maximum absolute atomic E-state index is 11.9. The van der Waals surface area contributed by atoms with E-state index in [2.05, 4.69) is 10.1 Å². The van der Waals surface area contributed by atoms with Crippen molar-refractivity contribution in [3.63, 3.8) is 0 Å². The van der Waals surface area contributed by atoms with Crippen LogP contribution in [0.2, 0.25) is 0 Å². The van der Waals surface area contributed by atoms with Crippen LogP contribution in [0, 0.1) is 0 Å². The number of ether oxygens (including phenoxy) is 1. The smallest absolute Gasteiger partial charge is 0.308 e. The number of aromatic nitrogens is 3. The number of aryl methyl sites for hydroxylation is 2. The molecule has 6 nitrogen and oxygen atoms in total. The first-order valence-corrected chi connectivity index (χ1v) is 8.59. The SMILES string of the molecule is CCc1nc(COC(=O)CCn2ncc(=O)c3ccccc32)cs1. The van der Waals surface area contributed by atoms with Crippen molar-refractivity contribution < 1.29 is 9.53 Å². The number of carbonyl (C=O) groups excluding carboxylic acids is 1. The highest BCUT2D eigenvalue weighted by Crippen LogP contribution is 2.12. The zero-order valence-corrected chi connectivity index (χ0v) is 14.1. The summed E-state index contributed by atoms with van der Waals surface area (Å²) in [6.07, 6.45) is 2.34. The average Bonchev–Trinajstić information content (AvgIpc) is 3.08. The number of rotatable bonds is 6. The van der Waals surface area contributed by atoms with Gasteiger partial charge in [0.05, 0.1) is 35.4 Å². The second-order valence-corrected chi connectivity index (χ2v) is 6.19. The number of nitrogens with zero attached hydrogens (tertiary/aromatic N) is 3. The molecule has 0 bridgehead atoms. The predicted molar refractivity (Wildman–Crippen MR) is 91.9 cm³/mol. The van der Waals surface area contributed by atoms with Gasteiger partial charge in [0.25, 0.3) is 0 Å². The monoisotopic (exact) mass is 343 g/mol. The maximum atomic E-state index is 11.9. The van der Waals surface area contributed by atoms with Crippen LogP contribution in [0.25, 0.3) is 10.9 Å². The van der Waals surface area contributed by atoms with Crippen LogP contribution >= 0.6 is 11.3 Å². The molecule has 3 aromatic rings. The highest BCUT2D eigenvalue weighted by molar-refractivity contribution is 7.09. The van der Waals surface area contributed by atoms with Crippen molar-refractivity contribution in [1.82, 2.24) is 14.8 Å². The second-order valence-electron chi connectivity index (χ2n) is 5.25. The summed E-state index contributed by atoms with van der Waals surface area (Å²) in [5, 5.41) is 7.63. The van der Waals surface area contributed by atoms with Crippen LogP contribution in [0.15, 0.2) is 40.6 Å². The molecule has 0 saturated heterocycles. The van der Waals surface area contributed by atoms with E-state index in [0.717, 1.165) is 17.1 Å². The third-order valence-electron chi connectivity index (χ3n) is 3.57. The van der Waals surface area contributed by atoms with E-state index in [1.54, 1.807) is 28.2 Å². The molecular weight excluding hydrogens is 326 g/mol. The topological polar surface area (TPSA) is 74.1 Å². The van der Waals surface area contributed by atoms with Crippen LogP contribution in [0.1, 0.15) is 24.0 Å². The van der Waals surface area contributed by atoms with Crippen LogP contribution in [-0.2, 0) is 29.1 Å². The molecule has 0 aliphatic carbocycles. The normalized spacial score (nSPS) is 10.9. The Hall–Kier alpha value is -2.54. The van der Waals surface area contributed by atoms with Gasteiger partial charge in [-0.3, -0.25) is 14.3 Å². The van der Waals surface area contributed by atoms with E-state index < -0.39 is 0 Å². The summed E-state index contributed by atoms with van der Waals surface area (Å²) >= 11 is 1.57. The minimum atomic E-state index is -0.314. The Labute approximate surface area is 142 Å². The Morgan fingerprint density at radius 2 is 2.17 bits per heavy atom. The Morgan fingerprint density at radius 3 is 2.96 bits per heavy atom. The van der Waals surface area contributed by atoms with Gasteiger partial charge in [-0.05, 0) is 18.6 Å². The predicted octanol–water partition coefficient (Wildman–Crippen LogP) is 2.55. The van der Waals surface area contributed by atoms with Gasteiger partial charge in [0, 0.05) is 10.8 Å². The first-order valence-electron chi connectivity index (χ1n) is 7.71. The lowest BCUT2D eigenvalue weighted by atomic mass is 10.2. The molecule has 0 saturated carbocycles. The number of fused-ring (bicyclic) bond motifs is 1. The summed E-state index contributed by atoms with van der Waals surface area (Å²) in [5.41, 5.74) is 1.36. The molecular formula is C17H17N3O3S. The van der Waals surface area contributed by atoms with E-state index in [0.29, 0.717) is 17.4 Å². The van der Waals surface area contributed by atoms with Crippen LogP contribution < -0.4 is 5.43 Å². The fraction of sp³-hybridized carbons (Fsp3) is 0.294. The minimum Gasteiger partial charge on any atom is -0.459 e. The molecule has 0 fully saturated rings. The third kappa shape index (κ3) is 3.68. The third-order valence-corrected chi connectivity index (χ3v) is 4.61. The highest BCUT2D eigenvalue weighted by atomic mass is 32.1. The second kappa shape index (κ2) is 7.35. The standard InChI is InChI=1S/C17H17N3O3S/c1-2-16-19-12(11-24-16)10-23-17(22)7-8-20-14-6-4-3-5-13(14)15(21)9-18-20/h3-6,9,11H,2,7-8,10H2,1H3. The number of para-hydroxylation sites is 1. The molecule has 24 heavy (non-hydrogen) atoms. The van der Waals surface area contributed by atoms with Crippen LogP contribution in [-0.4, -0.2) is 20.7 Å². The zero-order chi connectivity index (χ0) is 16.9. The number of carbonyl (C=O) groups is 1. The minimum absolute atomic E-state index is 0.125. The van der Waals surface area contributed by atoms with Gasteiger partial charge < -0.3 is 4.74 Å². The summed E-state index contributed by atoms with van der Waals surface area (Å²) < 4.78 is 6.89. The van der Waals surface area contributed by atoms with Crippen LogP contribution in [0.4, 0.5) is 0 Å². The summed E-state index contributed by atoms with van der Waals surface area (Å²) in [7, 11) is 0. The van der Waals surface area contributed by atoms with E-state index in [-0.39, 0.29) is 24.4 Å². The van der Waals surface area contributed by atoms with Crippen molar-refractivity contribution in [3.8, 4) is 0 Å². The summed E-state index contributed by atoms with van der Waals surface area (Å²) in [4.78, 5) is 28.1. The van der Waals surface area contributed by atoms with Gasteiger partial charge >= 0.3 is 5.97 Å². The van der Waals surface area contributed by atoms with Crippen molar-refractivity contribution in [2.45, 2.75) is 32.9 Å². The first kappa shape index (κ1) is 16.3. The van der Waals surface area contributed by atoms with Crippen LogP contribution in [0.5, 0.6) is 0 Å². The van der Waals surface area contributed by atoms with E-state index in [4.69, 9.17) is 4.74 Å². The van der Waals surface area contributed by atoms with Crippen LogP contribution in [0.3, 0.4) is 0 Å². The lowest BCUT2D eigenvalue weighted by Gasteiger charge is -2.08. The first-order chi connectivity index (χ1) is 11.7. The quantitative estimate of drug-likeness (QED) is 0.643. The molecule has 0 N–H and O–H groups in total. The van der Waals surface area contributed by atoms with E-state index in [9.17, 15) is 9.59 Å². The van der Waals surface area contributed by atoms with Gasteiger partial charge in [-0.2, -0.15) is 5.10 Å². The summed E-state index contributed by atoms with van der Waals surface area (Å²) in [6.45, 7) is 2.58. The van der Waals surface area contributed by atoms with Gasteiger partial charge in [0.15, 0.2) is 0 Å². The molecule has 0 aliphatic rings. The highest BCUT2D eigenvalue weighted by Gasteiger charge is 2.09. The Morgan fingerprint density at radius 1 is 1.33 bits per heavy atom. The van der Waals surface area contributed by atoms with E-state index in [1.807, 2.05) is 24.4 Å². The van der Waals surface area contributed by atoms with Crippen molar-refractivity contribution >= 4 is 28.2 Å². The number of hydrogen-bond acceptors (Lipinski definition) is 6. The van der Waals surface area contributed by atoms with Gasteiger partial charge in [0.1, 0.15) is 6.61 Å². The Balaban J connectivity index is 1.60. The fourth-order valence-corrected chi connectivity index (χ4v) is 3.07. The molecule has 1 aromatic carbocycles. The molecule has 0 unspecified atom stereocenters. The Bertz CT molecular complexity index is 917. The molecule has 0 radical (unpaired) electrons. The molecule has 0 spiro atoms. The summed E-state index contributed by atoms with van der Waals surface area (Å²) in [5.74, 6) is -0.314. The lowest BCUT2D eigenvalue weighted by molar-refractivity contribution is -0.145. The molecule has 0 atom stereocenters. The van der Waals surface area contributed by atoms with Gasteiger partial charge in [-0.1, -0.05) is 19.1 Å². The van der Waals surface area contributed by atoms with E-state index in [1.165, 1.54) is 6.20 Å². The number of benzene rings is 1. The zero-order valence-electron chi connectivity index (χ0n) is 13.3.